The molecule has 2 fully saturated rings. The molecule has 0 aromatic heterocycles. The lowest BCUT2D eigenvalue weighted by Gasteiger charge is -2.21. The maximum absolute atomic E-state index is 3.72. The van der Waals surface area contributed by atoms with Gasteiger partial charge in [0.1, 0.15) is 0 Å². The highest BCUT2D eigenvalue weighted by molar-refractivity contribution is 9.09. The third-order valence-corrected chi connectivity index (χ3v) is 4.09. The Kier molecular flexibility index (Phi) is 1.79. The Hall–Kier alpha value is 0.480. The van der Waals surface area contributed by atoms with E-state index in [4.69, 9.17) is 0 Å². The number of rotatable bonds is 0. The summed E-state index contributed by atoms with van der Waals surface area (Å²) in [4.78, 5) is 0.852. The monoisotopic (exact) mass is 202 g/mol. The molecule has 2 aliphatic rings. The highest BCUT2D eigenvalue weighted by atomic mass is 79.9. The first-order valence-corrected chi connectivity index (χ1v) is 5.36. The van der Waals surface area contributed by atoms with Gasteiger partial charge in [0.05, 0.1) is 0 Å². The maximum Gasteiger partial charge on any atom is 0.0151 e. The van der Waals surface area contributed by atoms with Crippen molar-refractivity contribution in [2.45, 2.75) is 49.8 Å². The number of hydrogen-bond donors (Lipinski definition) is 0. The second kappa shape index (κ2) is 2.51. The number of alkyl halides is 1. The van der Waals surface area contributed by atoms with Crippen molar-refractivity contribution in [3.05, 3.63) is 0 Å². The molecule has 0 aliphatic heterocycles. The highest BCUT2D eigenvalue weighted by Crippen LogP contribution is 2.52. The van der Waals surface area contributed by atoms with Crippen LogP contribution in [-0.4, -0.2) is 4.83 Å². The molecular formula is C9H15Br. The van der Waals surface area contributed by atoms with Gasteiger partial charge in [-0.2, -0.15) is 0 Å². The Morgan fingerprint density at radius 1 is 1.10 bits per heavy atom. The summed E-state index contributed by atoms with van der Waals surface area (Å²) in [6.07, 6.45) is 10.4. The van der Waals surface area contributed by atoms with Crippen LogP contribution in [0.3, 0.4) is 0 Å². The molecule has 1 spiro atoms. The average molecular weight is 203 g/mol. The molecule has 2 saturated carbocycles. The fraction of sp³-hybridized carbons (Fsp3) is 1.00. The van der Waals surface area contributed by atoms with Crippen molar-refractivity contribution in [3.63, 3.8) is 0 Å². The van der Waals surface area contributed by atoms with E-state index >= 15 is 0 Å². The number of halogens is 1. The molecule has 1 unspecified atom stereocenters. The fourth-order valence-corrected chi connectivity index (χ4v) is 3.63. The molecule has 0 aromatic carbocycles. The molecular weight excluding hydrogens is 188 g/mol. The minimum absolute atomic E-state index is 0.814. The molecule has 2 rings (SSSR count). The van der Waals surface area contributed by atoms with Gasteiger partial charge in [0, 0.05) is 4.83 Å². The largest absolute Gasteiger partial charge is 0.0890 e. The van der Waals surface area contributed by atoms with E-state index in [-0.39, 0.29) is 0 Å². The lowest BCUT2D eigenvalue weighted by molar-refractivity contribution is 0.310. The second-order valence-corrected chi connectivity index (χ2v) is 5.34. The lowest BCUT2D eigenvalue weighted by atomic mass is 9.85. The van der Waals surface area contributed by atoms with Crippen molar-refractivity contribution in [2.75, 3.05) is 0 Å². The topological polar surface area (TPSA) is 0 Å². The Morgan fingerprint density at radius 2 is 1.80 bits per heavy atom. The molecule has 0 bridgehead atoms. The van der Waals surface area contributed by atoms with Crippen LogP contribution in [0.15, 0.2) is 0 Å². The second-order valence-electron chi connectivity index (χ2n) is 4.05. The van der Waals surface area contributed by atoms with Gasteiger partial charge in [-0.3, -0.25) is 0 Å². The average Bonchev–Trinajstić information content (AvgIpc) is 2.46. The van der Waals surface area contributed by atoms with Crippen LogP contribution < -0.4 is 0 Å². The SMILES string of the molecule is BrC1CCC2(CCCC2)C1. The van der Waals surface area contributed by atoms with E-state index in [0.29, 0.717) is 0 Å². The Bertz CT molecular complexity index is 125. The van der Waals surface area contributed by atoms with E-state index in [9.17, 15) is 0 Å². The summed E-state index contributed by atoms with van der Waals surface area (Å²) in [5.41, 5.74) is 0.814. The standard InChI is InChI=1S/C9H15Br/c10-8-3-6-9(7-8)4-1-2-5-9/h8H,1-7H2. The predicted molar refractivity (Wildman–Crippen MR) is 47.5 cm³/mol. The summed E-state index contributed by atoms with van der Waals surface area (Å²) in [6.45, 7) is 0. The van der Waals surface area contributed by atoms with Crippen LogP contribution >= 0.6 is 15.9 Å². The van der Waals surface area contributed by atoms with Gasteiger partial charge < -0.3 is 0 Å². The molecule has 1 atom stereocenters. The summed E-state index contributed by atoms with van der Waals surface area (Å²) < 4.78 is 0. The van der Waals surface area contributed by atoms with Gasteiger partial charge in [-0.15, -0.1) is 0 Å². The van der Waals surface area contributed by atoms with Crippen molar-refractivity contribution in [1.29, 1.82) is 0 Å². The van der Waals surface area contributed by atoms with E-state index in [1.165, 1.54) is 44.9 Å². The molecule has 0 radical (unpaired) electrons. The summed E-state index contributed by atoms with van der Waals surface area (Å²) in [6, 6.07) is 0. The van der Waals surface area contributed by atoms with Crippen molar-refractivity contribution in [2.24, 2.45) is 5.41 Å². The smallest absolute Gasteiger partial charge is 0.0151 e. The fourth-order valence-electron chi connectivity index (χ4n) is 2.72. The Balaban J connectivity index is 2.03. The minimum Gasteiger partial charge on any atom is -0.0890 e. The molecule has 58 valence electrons. The minimum atomic E-state index is 0.814. The molecule has 1 heteroatoms. The summed E-state index contributed by atoms with van der Waals surface area (Å²) in [7, 11) is 0. The Morgan fingerprint density at radius 3 is 2.30 bits per heavy atom. The molecule has 0 saturated heterocycles. The lowest BCUT2D eigenvalue weighted by Crippen LogP contribution is -2.10. The zero-order valence-corrected chi connectivity index (χ0v) is 7.99. The van der Waals surface area contributed by atoms with E-state index in [2.05, 4.69) is 15.9 Å². The van der Waals surface area contributed by atoms with Gasteiger partial charge in [0.25, 0.3) is 0 Å². The van der Waals surface area contributed by atoms with Crippen molar-refractivity contribution in [1.82, 2.24) is 0 Å². The summed E-state index contributed by atoms with van der Waals surface area (Å²) in [5.74, 6) is 0. The van der Waals surface area contributed by atoms with Crippen LogP contribution in [-0.2, 0) is 0 Å². The van der Waals surface area contributed by atoms with Crippen molar-refractivity contribution in [3.8, 4) is 0 Å². The van der Waals surface area contributed by atoms with Crippen LogP contribution in [0.5, 0.6) is 0 Å². The van der Waals surface area contributed by atoms with Gasteiger partial charge >= 0.3 is 0 Å². The first-order valence-electron chi connectivity index (χ1n) is 4.45. The van der Waals surface area contributed by atoms with E-state index in [0.717, 1.165) is 10.2 Å². The summed E-state index contributed by atoms with van der Waals surface area (Å²) in [5, 5.41) is 0. The molecule has 0 heterocycles. The molecule has 2 aliphatic carbocycles. The molecule has 0 aromatic rings. The van der Waals surface area contributed by atoms with E-state index in [1.54, 1.807) is 0 Å². The van der Waals surface area contributed by atoms with Crippen LogP contribution in [0.1, 0.15) is 44.9 Å². The van der Waals surface area contributed by atoms with Gasteiger partial charge in [-0.05, 0) is 37.5 Å². The van der Waals surface area contributed by atoms with Gasteiger partial charge in [-0.1, -0.05) is 28.8 Å². The first kappa shape index (κ1) is 7.15. The van der Waals surface area contributed by atoms with Crippen LogP contribution in [0.4, 0.5) is 0 Å². The molecule has 0 nitrogen and oxygen atoms in total. The van der Waals surface area contributed by atoms with Crippen molar-refractivity contribution < 1.29 is 0 Å². The normalized spacial score (nSPS) is 37.5. The molecule has 0 amide bonds. The third-order valence-electron chi connectivity index (χ3n) is 3.31. The van der Waals surface area contributed by atoms with Gasteiger partial charge in [0.2, 0.25) is 0 Å². The third kappa shape index (κ3) is 1.13. The van der Waals surface area contributed by atoms with Crippen molar-refractivity contribution >= 4 is 15.9 Å². The zero-order valence-electron chi connectivity index (χ0n) is 6.41. The Labute approximate surface area is 71.5 Å². The van der Waals surface area contributed by atoms with Gasteiger partial charge in [0.15, 0.2) is 0 Å². The first-order chi connectivity index (χ1) is 4.81. The molecule has 0 N–H and O–H groups in total. The quantitative estimate of drug-likeness (QED) is 0.528. The van der Waals surface area contributed by atoms with Crippen LogP contribution in [0, 0.1) is 5.41 Å². The van der Waals surface area contributed by atoms with Gasteiger partial charge in [-0.25, -0.2) is 0 Å². The predicted octanol–water partition coefficient (Wildman–Crippen LogP) is 3.49. The van der Waals surface area contributed by atoms with E-state index < -0.39 is 0 Å². The highest BCUT2D eigenvalue weighted by Gasteiger charge is 2.39. The number of hydrogen-bond acceptors (Lipinski definition) is 0. The zero-order chi connectivity index (χ0) is 7.03. The van der Waals surface area contributed by atoms with Crippen LogP contribution in [0.2, 0.25) is 0 Å². The van der Waals surface area contributed by atoms with Crippen LogP contribution in [0.25, 0.3) is 0 Å². The van der Waals surface area contributed by atoms with E-state index in [1.807, 2.05) is 0 Å². The maximum atomic E-state index is 3.72. The summed E-state index contributed by atoms with van der Waals surface area (Å²) >= 11 is 3.72. The molecule has 10 heavy (non-hydrogen) atoms.